The molecule has 0 aromatic heterocycles. The van der Waals surface area contributed by atoms with Gasteiger partial charge in [0, 0.05) is 38.9 Å². The van der Waals surface area contributed by atoms with Crippen molar-refractivity contribution in [3.63, 3.8) is 0 Å². The minimum atomic E-state index is -3.78. The van der Waals surface area contributed by atoms with Crippen LogP contribution >= 0.6 is 0 Å². The number of nitrogens with zero attached hydrogens (tertiary/aromatic N) is 1. The number of alkyl halides is 2. The number of morpholine rings is 1. The van der Waals surface area contributed by atoms with Crippen LogP contribution in [0.4, 0.5) is 8.78 Å². The number of hydrogen-bond donors (Lipinski definition) is 1. The lowest BCUT2D eigenvalue weighted by Gasteiger charge is -2.60. The average Bonchev–Trinajstić information content (AvgIpc) is 2.67. The molecule has 3 saturated heterocycles. The molecule has 2 unspecified atom stereocenters. The summed E-state index contributed by atoms with van der Waals surface area (Å²) in [4.78, 5) is 2.07. The SMILES string of the molecule is O=S(=O)(c1ccc(OC(F)F)cc1)C1N(C2CCOCC2)CC12CNCCO2. The van der Waals surface area contributed by atoms with Crippen LogP contribution in [0.5, 0.6) is 5.75 Å². The Labute approximate surface area is 162 Å². The van der Waals surface area contributed by atoms with Gasteiger partial charge in [0.05, 0.1) is 11.5 Å². The summed E-state index contributed by atoms with van der Waals surface area (Å²) in [5.41, 5.74) is -0.798. The first kappa shape index (κ1) is 20.0. The van der Waals surface area contributed by atoms with Gasteiger partial charge in [-0.15, -0.1) is 0 Å². The lowest BCUT2D eigenvalue weighted by molar-refractivity contribution is -0.190. The van der Waals surface area contributed by atoms with Crippen LogP contribution in [0.15, 0.2) is 29.2 Å². The van der Waals surface area contributed by atoms with Crippen LogP contribution in [0.25, 0.3) is 0 Å². The molecule has 3 heterocycles. The van der Waals surface area contributed by atoms with Crippen molar-refractivity contribution in [2.75, 3.05) is 39.5 Å². The molecule has 10 heteroatoms. The van der Waals surface area contributed by atoms with Gasteiger partial charge in [0.15, 0.2) is 9.84 Å². The van der Waals surface area contributed by atoms with Gasteiger partial charge in [0.25, 0.3) is 0 Å². The van der Waals surface area contributed by atoms with Crippen molar-refractivity contribution in [3.05, 3.63) is 24.3 Å². The summed E-state index contributed by atoms with van der Waals surface area (Å²) < 4.78 is 67.4. The number of nitrogens with one attached hydrogen (secondary N) is 1. The molecule has 1 aromatic rings. The fourth-order valence-electron chi connectivity index (χ4n) is 4.34. The quantitative estimate of drug-likeness (QED) is 0.771. The molecule has 28 heavy (non-hydrogen) atoms. The monoisotopic (exact) mass is 418 g/mol. The van der Waals surface area contributed by atoms with E-state index in [4.69, 9.17) is 9.47 Å². The maximum atomic E-state index is 13.5. The number of benzene rings is 1. The summed E-state index contributed by atoms with van der Waals surface area (Å²) in [6.07, 6.45) is 1.55. The predicted octanol–water partition coefficient (Wildman–Crippen LogP) is 1.24. The van der Waals surface area contributed by atoms with E-state index in [9.17, 15) is 17.2 Å². The van der Waals surface area contributed by atoms with Crippen molar-refractivity contribution >= 4 is 9.84 Å². The van der Waals surface area contributed by atoms with Gasteiger partial charge in [-0.1, -0.05) is 0 Å². The first-order chi connectivity index (χ1) is 13.4. The first-order valence-electron chi connectivity index (χ1n) is 9.39. The smallest absolute Gasteiger partial charge is 0.387 e. The van der Waals surface area contributed by atoms with E-state index in [0.29, 0.717) is 39.5 Å². The van der Waals surface area contributed by atoms with Crippen LogP contribution in [0.2, 0.25) is 0 Å². The standard InChI is InChI=1S/C18H24F2N2O5S/c19-17(20)27-14-1-3-15(4-2-14)28(23,24)16-18(11-21-7-10-26-18)12-22(16)13-5-8-25-9-6-13/h1-4,13,16-17,21H,5-12H2. The van der Waals surface area contributed by atoms with Crippen molar-refractivity contribution < 1.29 is 31.4 Å². The fourth-order valence-corrected chi connectivity index (χ4v) is 6.50. The Balaban J connectivity index is 1.62. The highest BCUT2D eigenvalue weighted by Gasteiger charge is 2.62. The normalized spacial score (nSPS) is 29.8. The Hall–Kier alpha value is -1.33. The lowest BCUT2D eigenvalue weighted by atomic mass is 9.88. The molecule has 2 atom stereocenters. The molecule has 0 radical (unpaired) electrons. The van der Waals surface area contributed by atoms with Crippen LogP contribution in [-0.4, -0.2) is 76.4 Å². The number of likely N-dealkylation sites (tertiary alicyclic amines) is 1. The Morgan fingerprint density at radius 2 is 1.89 bits per heavy atom. The molecular weight excluding hydrogens is 394 g/mol. The van der Waals surface area contributed by atoms with Crippen molar-refractivity contribution in [1.29, 1.82) is 0 Å². The third kappa shape index (κ3) is 3.63. The highest BCUT2D eigenvalue weighted by molar-refractivity contribution is 7.92. The van der Waals surface area contributed by atoms with Crippen LogP contribution in [0.3, 0.4) is 0 Å². The molecule has 1 N–H and O–H groups in total. The molecule has 1 aromatic carbocycles. The Kier molecular flexibility index (Phi) is 5.58. The molecular formula is C18H24F2N2O5S. The number of hydrogen-bond acceptors (Lipinski definition) is 7. The van der Waals surface area contributed by atoms with Crippen molar-refractivity contribution in [3.8, 4) is 5.75 Å². The van der Waals surface area contributed by atoms with Gasteiger partial charge in [0.2, 0.25) is 0 Å². The molecule has 0 bridgehead atoms. The maximum Gasteiger partial charge on any atom is 0.387 e. The summed E-state index contributed by atoms with van der Waals surface area (Å²) >= 11 is 0. The maximum absolute atomic E-state index is 13.5. The Morgan fingerprint density at radius 3 is 2.50 bits per heavy atom. The zero-order valence-electron chi connectivity index (χ0n) is 15.4. The number of halogens is 2. The number of sulfone groups is 1. The van der Waals surface area contributed by atoms with Gasteiger partial charge in [0.1, 0.15) is 16.7 Å². The van der Waals surface area contributed by atoms with Gasteiger partial charge < -0.3 is 19.5 Å². The molecule has 1 spiro atoms. The minimum absolute atomic E-state index is 0.0735. The molecule has 156 valence electrons. The molecule has 0 saturated carbocycles. The summed E-state index contributed by atoms with van der Waals surface area (Å²) in [5.74, 6) is -0.0749. The summed E-state index contributed by atoms with van der Waals surface area (Å²) in [6, 6.07) is 5.26. The number of rotatable bonds is 5. The average molecular weight is 418 g/mol. The summed E-state index contributed by atoms with van der Waals surface area (Å²) in [5, 5.41) is 2.42. The van der Waals surface area contributed by atoms with E-state index in [2.05, 4.69) is 10.1 Å². The van der Waals surface area contributed by atoms with Crippen molar-refractivity contribution in [1.82, 2.24) is 10.2 Å². The molecule has 0 aliphatic carbocycles. The number of ether oxygens (including phenoxy) is 3. The van der Waals surface area contributed by atoms with E-state index in [0.717, 1.165) is 12.8 Å². The molecule has 3 fully saturated rings. The van der Waals surface area contributed by atoms with Crippen LogP contribution in [-0.2, 0) is 19.3 Å². The fraction of sp³-hybridized carbons (Fsp3) is 0.667. The van der Waals surface area contributed by atoms with Gasteiger partial charge in [-0.25, -0.2) is 8.42 Å². The topological polar surface area (TPSA) is 77.1 Å². The van der Waals surface area contributed by atoms with E-state index >= 15 is 0 Å². The van der Waals surface area contributed by atoms with E-state index in [1.807, 2.05) is 4.90 Å². The highest BCUT2D eigenvalue weighted by atomic mass is 32.2. The third-order valence-corrected chi connectivity index (χ3v) is 7.84. The van der Waals surface area contributed by atoms with Crippen molar-refractivity contribution in [2.24, 2.45) is 0 Å². The second-order valence-electron chi connectivity index (χ2n) is 7.35. The minimum Gasteiger partial charge on any atom is -0.435 e. The van der Waals surface area contributed by atoms with Crippen molar-refractivity contribution in [2.45, 2.75) is 41.4 Å². The molecule has 0 amide bonds. The molecule has 7 nitrogen and oxygen atoms in total. The van der Waals surface area contributed by atoms with Gasteiger partial charge >= 0.3 is 6.61 Å². The summed E-state index contributed by atoms with van der Waals surface area (Å²) in [7, 11) is -3.78. The second kappa shape index (κ2) is 7.83. The summed E-state index contributed by atoms with van der Waals surface area (Å²) in [6.45, 7) is 0.410. The van der Waals surface area contributed by atoms with E-state index in [-0.39, 0.29) is 16.7 Å². The van der Waals surface area contributed by atoms with Gasteiger partial charge in [-0.05, 0) is 37.1 Å². The van der Waals surface area contributed by atoms with Crippen LogP contribution in [0, 0.1) is 0 Å². The van der Waals surface area contributed by atoms with E-state index in [1.165, 1.54) is 24.3 Å². The molecule has 4 rings (SSSR count). The third-order valence-electron chi connectivity index (χ3n) is 5.63. The second-order valence-corrected chi connectivity index (χ2v) is 9.36. The molecule has 3 aliphatic heterocycles. The molecule has 3 aliphatic rings. The van der Waals surface area contributed by atoms with Crippen LogP contribution in [0.1, 0.15) is 12.8 Å². The zero-order chi connectivity index (χ0) is 19.8. The Bertz CT molecular complexity index is 778. The van der Waals surface area contributed by atoms with Gasteiger partial charge in [-0.3, -0.25) is 4.90 Å². The first-order valence-corrected chi connectivity index (χ1v) is 10.9. The predicted molar refractivity (Wildman–Crippen MR) is 96.1 cm³/mol. The lowest BCUT2D eigenvalue weighted by Crippen LogP contribution is -2.79. The highest BCUT2D eigenvalue weighted by Crippen LogP contribution is 2.43. The largest absolute Gasteiger partial charge is 0.435 e. The van der Waals surface area contributed by atoms with E-state index < -0.39 is 27.4 Å². The Morgan fingerprint density at radius 1 is 1.18 bits per heavy atom. The zero-order valence-corrected chi connectivity index (χ0v) is 16.2. The van der Waals surface area contributed by atoms with Gasteiger partial charge in [-0.2, -0.15) is 8.78 Å². The van der Waals surface area contributed by atoms with Crippen LogP contribution < -0.4 is 10.1 Å². The van der Waals surface area contributed by atoms with E-state index in [1.54, 1.807) is 0 Å².